The molecule has 0 fully saturated rings. The summed E-state index contributed by atoms with van der Waals surface area (Å²) in [6.45, 7) is 1.39. The molecule has 1 heterocycles. The van der Waals surface area contributed by atoms with E-state index in [0.717, 1.165) is 11.6 Å². The summed E-state index contributed by atoms with van der Waals surface area (Å²) >= 11 is 0. The van der Waals surface area contributed by atoms with Crippen LogP contribution >= 0.6 is 0 Å². The summed E-state index contributed by atoms with van der Waals surface area (Å²) in [7, 11) is 0. The van der Waals surface area contributed by atoms with Gasteiger partial charge in [-0.15, -0.1) is 0 Å². The molecule has 0 unspecified atom stereocenters. The molecule has 3 heteroatoms. The molecule has 3 nitrogen and oxygen atoms in total. The normalized spacial score (nSPS) is 17.0. The predicted octanol–water partition coefficient (Wildman–Crippen LogP) is 0.356. The predicted molar refractivity (Wildman–Crippen MR) is 28.6 cm³/mol. The minimum absolute atomic E-state index is 0. The maximum atomic E-state index is 8.41. The van der Waals surface area contributed by atoms with Crippen LogP contribution in [0.5, 0.6) is 0 Å². The Morgan fingerprint density at radius 3 is 2.57 bits per heavy atom. The van der Waals surface area contributed by atoms with E-state index in [4.69, 9.17) is 5.21 Å². The molecule has 0 saturated carbocycles. The summed E-state index contributed by atoms with van der Waals surface area (Å²) in [6.07, 6.45) is 1.42. The summed E-state index contributed by atoms with van der Waals surface area (Å²) in [6, 6.07) is 0. The van der Waals surface area contributed by atoms with E-state index in [1.807, 2.05) is 0 Å². The first-order valence-electron chi connectivity index (χ1n) is 1.85. The summed E-state index contributed by atoms with van der Waals surface area (Å²) in [5.41, 5.74) is 0. The van der Waals surface area contributed by atoms with Crippen molar-refractivity contribution in [3.63, 3.8) is 0 Å². The third-order valence-electron chi connectivity index (χ3n) is 0.673. The molecule has 0 aromatic rings. The second-order valence-corrected chi connectivity index (χ2v) is 1.18. The SMILES string of the molecule is C.ON1C=NCC1. The molecule has 1 rings (SSSR count). The van der Waals surface area contributed by atoms with Crippen molar-refractivity contribution in [2.24, 2.45) is 4.99 Å². The molecular weight excluding hydrogens is 92.1 g/mol. The molecule has 1 aliphatic rings. The molecule has 7 heavy (non-hydrogen) atoms. The molecule has 0 atom stereocenters. The quantitative estimate of drug-likeness (QED) is 0.479. The number of nitrogens with zero attached hydrogens (tertiary/aromatic N) is 2. The third kappa shape index (κ3) is 1.55. The monoisotopic (exact) mass is 102 g/mol. The average Bonchev–Trinajstić information content (AvgIpc) is 1.86. The standard InChI is InChI=1S/C3H6N2O.CH4/c6-5-2-1-4-3-5;/h3,6H,1-2H2;1H4. The molecule has 0 amide bonds. The first-order valence-corrected chi connectivity index (χ1v) is 1.85. The van der Waals surface area contributed by atoms with Crippen LogP contribution in [0, 0.1) is 0 Å². The highest BCUT2D eigenvalue weighted by molar-refractivity contribution is 5.54. The highest BCUT2D eigenvalue weighted by Gasteiger charge is 1.96. The van der Waals surface area contributed by atoms with Crippen LogP contribution in [-0.2, 0) is 0 Å². The van der Waals surface area contributed by atoms with Gasteiger partial charge in [0.2, 0.25) is 0 Å². The number of aliphatic imine (C=N–C) groups is 1. The van der Waals surface area contributed by atoms with Gasteiger partial charge >= 0.3 is 0 Å². The Hall–Kier alpha value is -0.570. The van der Waals surface area contributed by atoms with Gasteiger partial charge in [-0.25, -0.2) is 5.06 Å². The molecule has 0 aromatic carbocycles. The van der Waals surface area contributed by atoms with Gasteiger partial charge in [0.15, 0.2) is 0 Å². The van der Waals surface area contributed by atoms with Crippen LogP contribution in [0.1, 0.15) is 7.43 Å². The zero-order chi connectivity index (χ0) is 4.41. The zero-order valence-corrected chi connectivity index (χ0v) is 3.33. The second kappa shape index (κ2) is 2.58. The number of hydrogen-bond acceptors (Lipinski definition) is 3. The highest BCUT2D eigenvalue weighted by Crippen LogP contribution is 1.83. The minimum Gasteiger partial charge on any atom is -0.287 e. The minimum atomic E-state index is 0. The Kier molecular flexibility index (Phi) is 2.37. The molecular formula is C4H10N2O. The van der Waals surface area contributed by atoms with Crippen molar-refractivity contribution in [2.75, 3.05) is 13.1 Å². The van der Waals surface area contributed by atoms with Gasteiger partial charge in [-0.05, 0) is 0 Å². The molecule has 42 valence electrons. The van der Waals surface area contributed by atoms with Gasteiger partial charge in [-0.2, -0.15) is 0 Å². The van der Waals surface area contributed by atoms with Crippen molar-refractivity contribution in [1.82, 2.24) is 5.06 Å². The molecule has 1 aliphatic heterocycles. The molecule has 0 radical (unpaired) electrons. The smallest absolute Gasteiger partial charge is 0.110 e. The van der Waals surface area contributed by atoms with Crippen molar-refractivity contribution in [3.8, 4) is 0 Å². The fraction of sp³-hybridized carbons (Fsp3) is 0.750. The van der Waals surface area contributed by atoms with Gasteiger partial charge in [-0.3, -0.25) is 10.2 Å². The Labute approximate surface area is 43.2 Å². The van der Waals surface area contributed by atoms with Crippen LogP contribution in [0.3, 0.4) is 0 Å². The molecule has 0 aromatic heterocycles. The first-order chi connectivity index (χ1) is 2.89. The van der Waals surface area contributed by atoms with Crippen LogP contribution < -0.4 is 0 Å². The Morgan fingerprint density at radius 1 is 1.71 bits per heavy atom. The van der Waals surface area contributed by atoms with Gasteiger partial charge in [0.1, 0.15) is 6.34 Å². The van der Waals surface area contributed by atoms with Gasteiger partial charge in [0.25, 0.3) is 0 Å². The van der Waals surface area contributed by atoms with E-state index in [1.54, 1.807) is 0 Å². The van der Waals surface area contributed by atoms with Gasteiger partial charge < -0.3 is 0 Å². The van der Waals surface area contributed by atoms with Crippen molar-refractivity contribution in [3.05, 3.63) is 0 Å². The van der Waals surface area contributed by atoms with Crippen molar-refractivity contribution in [2.45, 2.75) is 7.43 Å². The summed E-state index contributed by atoms with van der Waals surface area (Å²) in [5.74, 6) is 0. The lowest BCUT2D eigenvalue weighted by molar-refractivity contribution is 0.00310. The first kappa shape index (κ1) is 6.43. The third-order valence-corrected chi connectivity index (χ3v) is 0.673. The van der Waals surface area contributed by atoms with Crippen LogP contribution in [0.2, 0.25) is 0 Å². The fourth-order valence-corrected chi connectivity index (χ4v) is 0.370. The van der Waals surface area contributed by atoms with E-state index in [9.17, 15) is 0 Å². The number of hydrogen-bond donors (Lipinski definition) is 1. The van der Waals surface area contributed by atoms with Crippen LogP contribution in [0.4, 0.5) is 0 Å². The molecule has 0 aliphatic carbocycles. The summed E-state index contributed by atoms with van der Waals surface area (Å²) < 4.78 is 0. The van der Waals surface area contributed by atoms with Crippen LogP contribution in [0.15, 0.2) is 4.99 Å². The van der Waals surface area contributed by atoms with Crippen molar-refractivity contribution in [1.29, 1.82) is 0 Å². The van der Waals surface area contributed by atoms with Crippen molar-refractivity contribution >= 4 is 6.34 Å². The van der Waals surface area contributed by atoms with E-state index in [1.165, 1.54) is 6.34 Å². The Morgan fingerprint density at radius 2 is 2.43 bits per heavy atom. The van der Waals surface area contributed by atoms with Gasteiger partial charge in [-0.1, -0.05) is 7.43 Å². The largest absolute Gasteiger partial charge is 0.287 e. The molecule has 0 spiro atoms. The number of rotatable bonds is 0. The maximum Gasteiger partial charge on any atom is 0.110 e. The maximum absolute atomic E-state index is 8.41. The average molecular weight is 102 g/mol. The van der Waals surface area contributed by atoms with Crippen LogP contribution in [-0.4, -0.2) is 29.7 Å². The van der Waals surface area contributed by atoms with E-state index >= 15 is 0 Å². The Bertz CT molecular complexity index is 72.1. The zero-order valence-electron chi connectivity index (χ0n) is 3.33. The second-order valence-electron chi connectivity index (χ2n) is 1.18. The molecule has 0 bridgehead atoms. The molecule has 0 saturated heterocycles. The highest BCUT2D eigenvalue weighted by atomic mass is 16.5. The van der Waals surface area contributed by atoms with Crippen molar-refractivity contribution < 1.29 is 5.21 Å². The van der Waals surface area contributed by atoms with E-state index in [2.05, 4.69) is 4.99 Å². The van der Waals surface area contributed by atoms with Gasteiger partial charge in [0, 0.05) is 0 Å². The Balaban J connectivity index is 0.000000360. The fourth-order valence-electron chi connectivity index (χ4n) is 0.370. The van der Waals surface area contributed by atoms with E-state index in [0.29, 0.717) is 6.54 Å². The lowest BCUT2D eigenvalue weighted by Crippen LogP contribution is -2.12. The summed E-state index contributed by atoms with van der Waals surface area (Å²) in [4.78, 5) is 3.72. The topological polar surface area (TPSA) is 35.8 Å². The molecule has 1 N–H and O–H groups in total. The van der Waals surface area contributed by atoms with E-state index < -0.39 is 0 Å². The van der Waals surface area contributed by atoms with E-state index in [-0.39, 0.29) is 7.43 Å². The number of hydroxylamine groups is 2. The van der Waals surface area contributed by atoms with Gasteiger partial charge in [0.05, 0.1) is 13.1 Å². The lowest BCUT2D eigenvalue weighted by atomic mass is 10.7. The summed E-state index contributed by atoms with van der Waals surface area (Å²) in [5, 5.41) is 9.48. The van der Waals surface area contributed by atoms with Crippen LogP contribution in [0.25, 0.3) is 0 Å². The lowest BCUT2D eigenvalue weighted by Gasteiger charge is -1.97.